The number of fused-ring (bicyclic) bond motifs is 2. The van der Waals surface area contributed by atoms with Gasteiger partial charge in [-0.1, -0.05) is 44.9 Å². The van der Waals surface area contributed by atoms with Gasteiger partial charge in [-0.15, -0.1) is 0 Å². The number of imide groups is 1. The van der Waals surface area contributed by atoms with Crippen molar-refractivity contribution in [1.29, 1.82) is 0 Å². The van der Waals surface area contributed by atoms with Crippen LogP contribution in [0.3, 0.4) is 0 Å². The van der Waals surface area contributed by atoms with Crippen molar-refractivity contribution in [2.75, 3.05) is 13.2 Å². The van der Waals surface area contributed by atoms with E-state index in [0.29, 0.717) is 36.2 Å². The maximum Gasteiger partial charge on any atom is 0.325 e. The first kappa shape index (κ1) is 18.8. The molecule has 0 bridgehead atoms. The summed E-state index contributed by atoms with van der Waals surface area (Å²) in [5.74, 6) is 0.867. The quantitative estimate of drug-likeness (QED) is 0.781. The fourth-order valence-electron chi connectivity index (χ4n) is 4.70. The number of hydrogen-bond donors (Lipinski definition) is 2. The zero-order valence-corrected chi connectivity index (χ0v) is 16.4. The number of benzene rings is 1. The van der Waals surface area contributed by atoms with Crippen LogP contribution in [0.2, 0.25) is 0 Å². The molecule has 2 heterocycles. The van der Waals surface area contributed by atoms with E-state index in [4.69, 9.17) is 4.74 Å². The minimum absolute atomic E-state index is 0.0924. The van der Waals surface area contributed by atoms with Gasteiger partial charge in [0, 0.05) is 18.0 Å². The summed E-state index contributed by atoms with van der Waals surface area (Å²) in [6.07, 6.45) is 3.54. The molecular formula is C21H27N3O4. The Balaban J connectivity index is 1.49. The molecule has 7 nitrogen and oxygen atoms in total. The van der Waals surface area contributed by atoms with Crippen LogP contribution in [-0.2, 0) is 15.1 Å². The Bertz CT molecular complexity index is 811. The van der Waals surface area contributed by atoms with Crippen molar-refractivity contribution >= 4 is 17.8 Å². The van der Waals surface area contributed by atoms with Gasteiger partial charge in [0.15, 0.2) is 5.54 Å². The molecule has 0 aromatic heterocycles. The first-order chi connectivity index (χ1) is 13.4. The lowest BCUT2D eigenvalue weighted by molar-refractivity contribution is -0.136. The van der Waals surface area contributed by atoms with E-state index in [1.165, 1.54) is 6.42 Å². The van der Waals surface area contributed by atoms with E-state index in [1.54, 1.807) is 12.1 Å². The number of amides is 4. The van der Waals surface area contributed by atoms with E-state index in [2.05, 4.69) is 24.5 Å². The molecule has 1 saturated carbocycles. The molecule has 2 N–H and O–H groups in total. The highest BCUT2D eigenvalue weighted by Gasteiger charge is 2.55. The van der Waals surface area contributed by atoms with Crippen molar-refractivity contribution in [2.24, 2.45) is 11.8 Å². The topological polar surface area (TPSA) is 87.7 Å². The minimum Gasteiger partial charge on any atom is -0.493 e. The number of rotatable bonds is 3. The molecule has 1 aliphatic carbocycles. The Kier molecular flexibility index (Phi) is 4.77. The van der Waals surface area contributed by atoms with Crippen LogP contribution in [0.25, 0.3) is 0 Å². The van der Waals surface area contributed by atoms with Gasteiger partial charge >= 0.3 is 6.03 Å². The number of hydrogen-bond acceptors (Lipinski definition) is 4. The third-order valence-corrected chi connectivity index (χ3v) is 6.61. The molecule has 1 aromatic carbocycles. The highest BCUT2D eigenvalue weighted by Crippen LogP contribution is 2.40. The van der Waals surface area contributed by atoms with Crippen molar-refractivity contribution in [3.63, 3.8) is 0 Å². The van der Waals surface area contributed by atoms with Crippen LogP contribution in [0.5, 0.6) is 5.75 Å². The number of nitrogens with zero attached hydrogens (tertiary/aromatic N) is 1. The number of para-hydroxylation sites is 1. The molecule has 28 heavy (non-hydrogen) atoms. The predicted octanol–water partition coefficient (Wildman–Crippen LogP) is 2.16. The Hall–Kier alpha value is -2.57. The van der Waals surface area contributed by atoms with E-state index in [9.17, 15) is 14.4 Å². The highest BCUT2D eigenvalue weighted by atomic mass is 16.5. The van der Waals surface area contributed by atoms with E-state index >= 15 is 0 Å². The summed E-state index contributed by atoms with van der Waals surface area (Å²) in [7, 11) is 0. The molecule has 7 heteroatoms. The first-order valence-electron chi connectivity index (χ1n) is 10.1. The standard InChI is InChI=1S/C21H27N3O4/c1-13-6-5-8-16(14(13)2)22-18(25)12-24-19(26)21(23-20(24)27)10-11-28-17-9-4-3-7-15(17)21/h3-4,7,9,13-14,16H,5-6,8,10-12H2,1-2H3,(H,22,25)(H,23,27)/t13-,14-,16-,21+/m1/s1. The second kappa shape index (κ2) is 7.11. The Labute approximate surface area is 164 Å². The highest BCUT2D eigenvalue weighted by molar-refractivity contribution is 6.09. The first-order valence-corrected chi connectivity index (χ1v) is 10.1. The minimum atomic E-state index is -1.14. The average Bonchev–Trinajstić information content (AvgIpc) is 2.91. The third-order valence-electron chi connectivity index (χ3n) is 6.61. The van der Waals surface area contributed by atoms with E-state index < -0.39 is 11.6 Å². The van der Waals surface area contributed by atoms with Gasteiger partial charge in [-0.25, -0.2) is 4.79 Å². The summed E-state index contributed by atoms with van der Waals surface area (Å²) in [4.78, 5) is 39.4. The fourth-order valence-corrected chi connectivity index (χ4v) is 4.70. The maximum absolute atomic E-state index is 13.2. The Morgan fingerprint density at radius 1 is 1.29 bits per heavy atom. The number of nitrogens with one attached hydrogen (secondary N) is 2. The van der Waals surface area contributed by atoms with Gasteiger partial charge in [0.05, 0.1) is 6.61 Å². The van der Waals surface area contributed by atoms with Crippen LogP contribution < -0.4 is 15.4 Å². The largest absolute Gasteiger partial charge is 0.493 e. The average molecular weight is 385 g/mol. The SMILES string of the molecule is C[C@@H]1[C@H](C)CCC[C@H]1NC(=O)CN1C(=O)N[C@]2(CCOc3ccccc32)C1=O. The summed E-state index contributed by atoms with van der Waals surface area (Å²) in [6.45, 7) is 4.43. The number of carbonyl (C=O) groups is 3. The molecule has 2 aliphatic heterocycles. The van der Waals surface area contributed by atoms with E-state index in [1.807, 2.05) is 12.1 Å². The van der Waals surface area contributed by atoms with Crippen molar-refractivity contribution < 1.29 is 19.1 Å². The Morgan fingerprint density at radius 3 is 2.89 bits per heavy atom. The summed E-state index contributed by atoms with van der Waals surface area (Å²) in [5.41, 5.74) is -0.490. The zero-order chi connectivity index (χ0) is 19.9. The molecule has 3 aliphatic rings. The van der Waals surface area contributed by atoms with Gasteiger partial charge in [-0.05, 0) is 24.3 Å². The van der Waals surface area contributed by atoms with Crippen molar-refractivity contribution in [2.45, 2.75) is 51.1 Å². The number of ether oxygens (including phenoxy) is 1. The fraction of sp³-hybridized carbons (Fsp3) is 0.571. The summed E-state index contributed by atoms with van der Waals surface area (Å²) in [5, 5.41) is 5.87. The molecule has 150 valence electrons. The molecule has 0 unspecified atom stereocenters. The lowest BCUT2D eigenvalue weighted by Gasteiger charge is -2.35. The Morgan fingerprint density at radius 2 is 2.07 bits per heavy atom. The lowest BCUT2D eigenvalue weighted by atomic mass is 9.78. The predicted molar refractivity (Wildman–Crippen MR) is 103 cm³/mol. The van der Waals surface area contributed by atoms with E-state index in [-0.39, 0.29) is 24.4 Å². The van der Waals surface area contributed by atoms with Crippen LogP contribution >= 0.6 is 0 Å². The normalized spacial score (nSPS) is 31.9. The van der Waals surface area contributed by atoms with Crippen LogP contribution in [0, 0.1) is 11.8 Å². The van der Waals surface area contributed by atoms with Gasteiger partial charge in [-0.3, -0.25) is 14.5 Å². The third kappa shape index (κ3) is 3.02. The molecule has 4 rings (SSSR count). The van der Waals surface area contributed by atoms with Crippen LogP contribution in [-0.4, -0.2) is 41.9 Å². The van der Waals surface area contributed by atoms with Crippen molar-refractivity contribution in [3.8, 4) is 5.75 Å². The van der Waals surface area contributed by atoms with Crippen LogP contribution in [0.4, 0.5) is 4.79 Å². The molecule has 2 fully saturated rings. The van der Waals surface area contributed by atoms with Crippen molar-refractivity contribution in [1.82, 2.24) is 15.5 Å². The van der Waals surface area contributed by atoms with Gasteiger partial charge in [0.1, 0.15) is 12.3 Å². The van der Waals surface area contributed by atoms with Gasteiger partial charge in [0.25, 0.3) is 5.91 Å². The number of carbonyl (C=O) groups excluding carboxylic acids is 3. The lowest BCUT2D eigenvalue weighted by Crippen LogP contribution is -2.50. The molecule has 1 saturated heterocycles. The van der Waals surface area contributed by atoms with Crippen molar-refractivity contribution in [3.05, 3.63) is 29.8 Å². The summed E-state index contributed by atoms with van der Waals surface area (Å²) >= 11 is 0. The van der Waals surface area contributed by atoms with Gasteiger partial charge in [-0.2, -0.15) is 0 Å². The molecule has 1 aromatic rings. The maximum atomic E-state index is 13.2. The number of urea groups is 1. The molecule has 0 radical (unpaired) electrons. The molecular weight excluding hydrogens is 358 g/mol. The van der Waals surface area contributed by atoms with E-state index in [0.717, 1.165) is 17.7 Å². The smallest absolute Gasteiger partial charge is 0.325 e. The van der Waals surface area contributed by atoms with Gasteiger partial charge in [0.2, 0.25) is 5.91 Å². The van der Waals surface area contributed by atoms with Crippen LogP contribution in [0.15, 0.2) is 24.3 Å². The molecule has 1 spiro atoms. The summed E-state index contributed by atoms with van der Waals surface area (Å²) < 4.78 is 5.63. The van der Waals surface area contributed by atoms with Crippen LogP contribution in [0.1, 0.15) is 45.1 Å². The molecule has 4 amide bonds. The zero-order valence-electron chi connectivity index (χ0n) is 16.4. The monoisotopic (exact) mass is 385 g/mol. The van der Waals surface area contributed by atoms with Gasteiger partial charge < -0.3 is 15.4 Å². The second-order valence-electron chi connectivity index (χ2n) is 8.26. The summed E-state index contributed by atoms with van der Waals surface area (Å²) in [6, 6.07) is 6.79. The second-order valence-corrected chi connectivity index (χ2v) is 8.26. The molecule has 4 atom stereocenters.